The molecule has 202 valence electrons. The van der Waals surface area contributed by atoms with E-state index in [1.54, 1.807) is 24.5 Å². The maximum Gasteiger partial charge on any atom is 0.412 e. The van der Waals surface area contributed by atoms with Crippen LogP contribution in [0, 0.1) is 11.7 Å². The van der Waals surface area contributed by atoms with Gasteiger partial charge in [0, 0.05) is 45.0 Å². The number of nitrogens with zero attached hydrogens (tertiary/aromatic N) is 4. The monoisotopic (exact) mass is 550 g/mol. The molecule has 1 spiro atoms. The maximum atomic E-state index is 15.1. The van der Waals surface area contributed by atoms with Crippen LogP contribution < -0.4 is 20.4 Å². The van der Waals surface area contributed by atoms with E-state index in [9.17, 15) is 9.59 Å². The third-order valence-corrected chi connectivity index (χ3v) is 7.96. The van der Waals surface area contributed by atoms with Gasteiger partial charge in [-0.15, -0.1) is 0 Å². The van der Waals surface area contributed by atoms with Crippen molar-refractivity contribution in [1.82, 2.24) is 15.3 Å². The lowest BCUT2D eigenvalue weighted by atomic mass is 9.89. The lowest BCUT2D eigenvalue weighted by Crippen LogP contribution is -2.42. The highest BCUT2D eigenvalue weighted by Crippen LogP contribution is 2.46. The minimum Gasteiger partial charge on any atom is -0.436 e. The summed E-state index contributed by atoms with van der Waals surface area (Å²) < 4.78 is 20.8. The lowest BCUT2D eigenvalue weighted by Gasteiger charge is -2.36. The fourth-order valence-corrected chi connectivity index (χ4v) is 5.77. The number of carbonyl (C=O) groups is 2. The number of anilines is 3. The lowest BCUT2D eigenvalue weighted by molar-refractivity contribution is 0.0264. The molecule has 0 saturated carbocycles. The van der Waals surface area contributed by atoms with Gasteiger partial charge in [-0.2, -0.15) is 0 Å². The van der Waals surface area contributed by atoms with Crippen LogP contribution in [0.5, 0.6) is 0 Å². The second-order valence-corrected chi connectivity index (χ2v) is 10.9. The second-order valence-electron chi connectivity index (χ2n) is 10.4. The number of aromatic nitrogens is 2. The minimum atomic E-state index is -1.20. The number of carbonyl (C=O) groups excluding carboxylic acids is 2. The zero-order valence-electron chi connectivity index (χ0n) is 21.4. The number of hydrogen-bond donors (Lipinski definition) is 2. The molecule has 3 aliphatic heterocycles. The van der Waals surface area contributed by atoms with E-state index in [1.807, 2.05) is 17.0 Å². The summed E-state index contributed by atoms with van der Waals surface area (Å²) in [6, 6.07) is 8.69. The second kappa shape index (κ2) is 10.00. The van der Waals surface area contributed by atoms with Gasteiger partial charge in [0.2, 0.25) is 0 Å². The zero-order valence-corrected chi connectivity index (χ0v) is 22.2. The van der Waals surface area contributed by atoms with E-state index in [4.69, 9.17) is 16.3 Å². The highest BCUT2D eigenvalue weighted by Gasteiger charge is 2.49. The van der Waals surface area contributed by atoms with Crippen LogP contribution in [0.2, 0.25) is 5.02 Å². The Morgan fingerprint density at radius 3 is 2.87 bits per heavy atom. The Labute approximate surface area is 230 Å². The number of ether oxygens (including phenoxy) is 1. The molecule has 9 nitrogen and oxygen atoms in total. The van der Waals surface area contributed by atoms with Gasteiger partial charge in [-0.1, -0.05) is 24.6 Å². The molecule has 2 fully saturated rings. The van der Waals surface area contributed by atoms with Crippen LogP contribution in [0.4, 0.5) is 26.4 Å². The van der Waals surface area contributed by atoms with Gasteiger partial charge in [0.05, 0.1) is 40.3 Å². The van der Waals surface area contributed by atoms with Crippen LogP contribution in [0.1, 0.15) is 41.3 Å². The molecule has 0 aliphatic carbocycles. The third kappa shape index (κ3) is 4.85. The van der Waals surface area contributed by atoms with E-state index in [1.165, 1.54) is 18.7 Å². The summed E-state index contributed by atoms with van der Waals surface area (Å²) >= 11 is 6.05. The van der Waals surface area contributed by atoms with Crippen molar-refractivity contribution in [2.75, 3.05) is 41.3 Å². The molecule has 0 unspecified atom stereocenters. The largest absolute Gasteiger partial charge is 0.436 e. The number of pyridine rings is 2. The van der Waals surface area contributed by atoms with E-state index < -0.39 is 17.5 Å². The summed E-state index contributed by atoms with van der Waals surface area (Å²) in [6.45, 7) is 5.27. The van der Waals surface area contributed by atoms with Crippen molar-refractivity contribution in [3.8, 4) is 0 Å². The molecule has 2 amide bonds. The normalized spacial score (nSPS) is 22.0. The standard InChI is InChI=1S/C28H28ClFN6O3/c1-17-6-8-35(15-17)23-5-2-18(11-32-23)12-33-26(37)19-10-20(14-31-13-19)36-9-7-28(16-36)24-22(34-27(38)39-28)4-3-21(29)25(24)30/h2-5,10-11,13-14,17H,6-9,12,15-16H2,1H3,(H,33,37)(H,34,38)/t17-,28+/m0/s1. The van der Waals surface area contributed by atoms with Crippen molar-refractivity contribution in [1.29, 1.82) is 0 Å². The fourth-order valence-electron chi connectivity index (χ4n) is 5.61. The van der Waals surface area contributed by atoms with Crippen molar-refractivity contribution in [3.63, 3.8) is 0 Å². The molecule has 2 saturated heterocycles. The molecular weight excluding hydrogens is 523 g/mol. The SMILES string of the molecule is C[C@H]1CCN(c2ccc(CNC(=O)c3cncc(N4CC[C@]5(C4)OC(=O)Nc4ccc(Cl)c(F)c45)c3)cn2)C1. The van der Waals surface area contributed by atoms with Gasteiger partial charge in [-0.3, -0.25) is 15.1 Å². The molecule has 3 aromatic rings. The van der Waals surface area contributed by atoms with Crippen molar-refractivity contribution < 1.29 is 18.7 Å². The molecule has 2 aromatic heterocycles. The average Bonchev–Trinajstić information content (AvgIpc) is 3.56. The summed E-state index contributed by atoms with van der Waals surface area (Å²) in [4.78, 5) is 38.2. The molecule has 11 heteroatoms. The van der Waals surface area contributed by atoms with Gasteiger partial charge in [0.15, 0.2) is 11.4 Å². The molecule has 1 aromatic carbocycles. The predicted octanol–water partition coefficient (Wildman–Crippen LogP) is 4.71. The van der Waals surface area contributed by atoms with E-state index in [0.29, 0.717) is 42.4 Å². The Balaban J connectivity index is 1.13. The van der Waals surface area contributed by atoms with E-state index in [2.05, 4.69) is 32.4 Å². The van der Waals surface area contributed by atoms with E-state index in [0.717, 1.165) is 24.5 Å². The smallest absolute Gasteiger partial charge is 0.412 e. The van der Waals surface area contributed by atoms with Crippen molar-refractivity contribution >= 4 is 40.8 Å². The molecule has 2 atom stereocenters. The molecule has 0 bridgehead atoms. The van der Waals surface area contributed by atoms with Crippen LogP contribution in [0.25, 0.3) is 0 Å². The molecule has 6 rings (SSSR count). The molecule has 0 radical (unpaired) electrons. The Hall–Kier alpha value is -3.92. The van der Waals surface area contributed by atoms with Gasteiger partial charge in [0.1, 0.15) is 5.82 Å². The maximum absolute atomic E-state index is 15.1. The summed E-state index contributed by atoms with van der Waals surface area (Å²) in [7, 11) is 0. The minimum absolute atomic E-state index is 0.0397. The third-order valence-electron chi connectivity index (χ3n) is 7.67. The summed E-state index contributed by atoms with van der Waals surface area (Å²) in [6.07, 6.45) is 5.82. The van der Waals surface area contributed by atoms with Gasteiger partial charge < -0.3 is 19.9 Å². The highest BCUT2D eigenvalue weighted by molar-refractivity contribution is 6.31. The zero-order chi connectivity index (χ0) is 27.1. The summed E-state index contributed by atoms with van der Waals surface area (Å²) in [5.74, 6) is 0.747. The van der Waals surface area contributed by atoms with Crippen molar-refractivity contribution in [2.24, 2.45) is 5.92 Å². The van der Waals surface area contributed by atoms with Crippen molar-refractivity contribution in [2.45, 2.75) is 31.9 Å². The topological polar surface area (TPSA) is 99.7 Å². The first-order valence-electron chi connectivity index (χ1n) is 13.0. The molecule has 3 aliphatic rings. The van der Waals surface area contributed by atoms with Crippen LogP contribution in [-0.2, 0) is 16.9 Å². The number of nitrogens with one attached hydrogen (secondary N) is 2. The first kappa shape index (κ1) is 25.4. The summed E-state index contributed by atoms with van der Waals surface area (Å²) in [5.41, 5.74) is 1.34. The van der Waals surface area contributed by atoms with Gasteiger partial charge in [-0.05, 0) is 42.2 Å². The van der Waals surface area contributed by atoms with Gasteiger partial charge in [-0.25, -0.2) is 14.2 Å². The van der Waals surface area contributed by atoms with E-state index in [-0.39, 0.29) is 23.0 Å². The average molecular weight is 551 g/mol. The number of rotatable bonds is 5. The number of hydrogen-bond acceptors (Lipinski definition) is 7. The van der Waals surface area contributed by atoms with Crippen molar-refractivity contribution in [3.05, 3.63) is 76.5 Å². The highest BCUT2D eigenvalue weighted by atomic mass is 35.5. The predicted molar refractivity (Wildman–Crippen MR) is 146 cm³/mol. The first-order valence-corrected chi connectivity index (χ1v) is 13.4. The first-order chi connectivity index (χ1) is 18.8. The van der Waals surface area contributed by atoms with Crippen LogP contribution in [-0.4, -0.2) is 48.1 Å². The quantitative estimate of drug-likeness (QED) is 0.474. The Bertz CT molecular complexity index is 1440. The van der Waals surface area contributed by atoms with Crippen LogP contribution in [0.15, 0.2) is 48.9 Å². The number of amides is 2. The van der Waals surface area contributed by atoms with Crippen LogP contribution >= 0.6 is 11.6 Å². The number of benzene rings is 1. The number of fused-ring (bicyclic) bond motifs is 2. The molecular formula is C28H28ClFN6O3. The fraction of sp³-hybridized carbons (Fsp3) is 0.357. The summed E-state index contributed by atoms with van der Waals surface area (Å²) in [5, 5.41) is 5.44. The Morgan fingerprint density at radius 1 is 1.23 bits per heavy atom. The number of halogens is 2. The molecule has 39 heavy (non-hydrogen) atoms. The van der Waals surface area contributed by atoms with Gasteiger partial charge in [0.25, 0.3) is 5.91 Å². The van der Waals surface area contributed by atoms with Crippen LogP contribution in [0.3, 0.4) is 0 Å². The molecule has 2 N–H and O–H groups in total. The van der Waals surface area contributed by atoms with E-state index >= 15 is 4.39 Å². The van der Waals surface area contributed by atoms with Gasteiger partial charge >= 0.3 is 6.09 Å². The molecule has 5 heterocycles. The Kier molecular flexibility index (Phi) is 6.50. The Morgan fingerprint density at radius 2 is 2.10 bits per heavy atom.